The normalized spacial score (nSPS) is 27.4. The van der Waals surface area contributed by atoms with Crippen LogP contribution in [0.3, 0.4) is 0 Å². The molecule has 0 aromatic heterocycles. The van der Waals surface area contributed by atoms with Gasteiger partial charge < -0.3 is 11.5 Å². The number of halogens is 3. The zero-order valence-corrected chi connectivity index (χ0v) is 9.48. The third kappa shape index (κ3) is 2.13. The predicted octanol–water partition coefficient (Wildman–Crippen LogP) is 2.73. The van der Waals surface area contributed by atoms with E-state index in [2.05, 4.69) is 0 Å². The second-order valence-corrected chi connectivity index (χ2v) is 4.32. The number of rotatable bonds is 1. The summed E-state index contributed by atoms with van der Waals surface area (Å²) in [6.45, 7) is 0. The number of nitrogen functional groups attached to an aromatic ring is 1. The minimum Gasteiger partial charge on any atom is -0.399 e. The van der Waals surface area contributed by atoms with Gasteiger partial charge in [-0.15, -0.1) is 0 Å². The van der Waals surface area contributed by atoms with Crippen LogP contribution in [0, 0.1) is 5.92 Å². The molecule has 0 amide bonds. The quantitative estimate of drug-likeness (QED) is 0.757. The van der Waals surface area contributed by atoms with Crippen LogP contribution in [-0.2, 0) is 5.54 Å². The SMILES string of the molecule is Nc1ccc(C2(N)C=CC=CC2C(F)(F)F)cc1. The van der Waals surface area contributed by atoms with E-state index in [-0.39, 0.29) is 0 Å². The van der Waals surface area contributed by atoms with E-state index >= 15 is 0 Å². The van der Waals surface area contributed by atoms with Crippen LogP contribution in [0.15, 0.2) is 48.6 Å². The zero-order chi connectivity index (χ0) is 13.4. The first-order valence-corrected chi connectivity index (χ1v) is 5.42. The minimum atomic E-state index is -4.39. The maximum Gasteiger partial charge on any atom is 0.397 e. The molecule has 96 valence electrons. The van der Waals surface area contributed by atoms with Gasteiger partial charge in [0.05, 0.1) is 11.5 Å². The lowest BCUT2D eigenvalue weighted by Gasteiger charge is -2.36. The lowest BCUT2D eigenvalue weighted by Crippen LogP contribution is -2.49. The summed E-state index contributed by atoms with van der Waals surface area (Å²) in [5.41, 5.74) is 10.8. The van der Waals surface area contributed by atoms with E-state index in [0.717, 1.165) is 6.08 Å². The van der Waals surface area contributed by atoms with Crippen LogP contribution in [0.4, 0.5) is 18.9 Å². The molecule has 2 atom stereocenters. The predicted molar refractivity (Wildman–Crippen MR) is 64.5 cm³/mol. The first-order chi connectivity index (χ1) is 8.34. The van der Waals surface area contributed by atoms with Gasteiger partial charge in [-0.3, -0.25) is 0 Å². The third-order valence-electron chi connectivity index (χ3n) is 3.06. The van der Waals surface area contributed by atoms with Crippen molar-refractivity contribution in [2.75, 3.05) is 5.73 Å². The Hall–Kier alpha value is -1.75. The highest BCUT2D eigenvalue weighted by molar-refractivity contribution is 5.44. The van der Waals surface area contributed by atoms with E-state index in [1.165, 1.54) is 30.4 Å². The molecule has 2 rings (SSSR count). The molecule has 0 heterocycles. The molecule has 1 aliphatic carbocycles. The van der Waals surface area contributed by atoms with Crippen LogP contribution in [-0.4, -0.2) is 6.18 Å². The Bertz CT molecular complexity index is 488. The Kier molecular flexibility index (Phi) is 2.94. The van der Waals surface area contributed by atoms with Crippen molar-refractivity contribution in [2.45, 2.75) is 11.7 Å². The maximum atomic E-state index is 13.0. The Morgan fingerprint density at radius 2 is 1.67 bits per heavy atom. The summed E-state index contributed by atoms with van der Waals surface area (Å²) in [4.78, 5) is 0. The van der Waals surface area contributed by atoms with Crippen molar-refractivity contribution in [1.29, 1.82) is 0 Å². The van der Waals surface area contributed by atoms with Gasteiger partial charge in [-0.1, -0.05) is 36.4 Å². The van der Waals surface area contributed by atoms with Gasteiger partial charge >= 0.3 is 6.18 Å². The van der Waals surface area contributed by atoms with E-state index < -0.39 is 17.6 Å². The molecule has 0 aliphatic heterocycles. The van der Waals surface area contributed by atoms with Gasteiger partial charge in [0.25, 0.3) is 0 Å². The molecular formula is C13H13F3N2. The second-order valence-electron chi connectivity index (χ2n) is 4.32. The molecule has 1 aromatic rings. The lowest BCUT2D eigenvalue weighted by molar-refractivity contribution is -0.174. The molecule has 18 heavy (non-hydrogen) atoms. The number of nitrogens with two attached hydrogens (primary N) is 2. The van der Waals surface area contributed by atoms with Crippen LogP contribution in [0.2, 0.25) is 0 Å². The van der Waals surface area contributed by atoms with Crippen molar-refractivity contribution in [3.05, 3.63) is 54.1 Å². The Morgan fingerprint density at radius 1 is 1.06 bits per heavy atom. The largest absolute Gasteiger partial charge is 0.399 e. The van der Waals surface area contributed by atoms with Gasteiger partial charge in [-0.2, -0.15) is 13.2 Å². The van der Waals surface area contributed by atoms with Crippen LogP contribution >= 0.6 is 0 Å². The average Bonchev–Trinajstić information content (AvgIpc) is 2.28. The highest BCUT2D eigenvalue weighted by Gasteiger charge is 2.50. The number of allylic oxidation sites excluding steroid dienone is 2. The van der Waals surface area contributed by atoms with Gasteiger partial charge in [0, 0.05) is 5.69 Å². The van der Waals surface area contributed by atoms with Gasteiger partial charge in [-0.05, 0) is 17.7 Å². The minimum absolute atomic E-state index is 0.389. The summed E-state index contributed by atoms with van der Waals surface area (Å²) in [7, 11) is 0. The fraction of sp³-hybridized carbons (Fsp3) is 0.231. The molecule has 0 bridgehead atoms. The summed E-state index contributed by atoms with van der Waals surface area (Å²) < 4.78 is 39.0. The molecule has 0 saturated heterocycles. The van der Waals surface area contributed by atoms with Gasteiger partial charge in [-0.25, -0.2) is 0 Å². The first-order valence-electron chi connectivity index (χ1n) is 5.42. The Morgan fingerprint density at radius 3 is 2.22 bits per heavy atom. The molecule has 1 aliphatic rings. The molecule has 5 heteroatoms. The topological polar surface area (TPSA) is 52.0 Å². The van der Waals surface area contributed by atoms with Gasteiger partial charge in [0.15, 0.2) is 0 Å². The number of benzene rings is 1. The molecule has 4 N–H and O–H groups in total. The fourth-order valence-corrected chi connectivity index (χ4v) is 2.08. The highest BCUT2D eigenvalue weighted by atomic mass is 19.4. The Balaban J connectivity index is 2.47. The molecule has 1 aromatic carbocycles. The smallest absolute Gasteiger partial charge is 0.397 e. The summed E-state index contributed by atoms with van der Waals surface area (Å²) in [5, 5.41) is 0. The molecular weight excluding hydrogens is 241 g/mol. The van der Waals surface area contributed by atoms with Gasteiger partial charge in [0.1, 0.15) is 0 Å². The average molecular weight is 254 g/mol. The number of alkyl halides is 3. The fourth-order valence-electron chi connectivity index (χ4n) is 2.08. The number of anilines is 1. The second kappa shape index (κ2) is 4.17. The molecule has 0 saturated carbocycles. The third-order valence-corrected chi connectivity index (χ3v) is 3.06. The van der Waals surface area contributed by atoms with Crippen molar-refractivity contribution < 1.29 is 13.2 Å². The van der Waals surface area contributed by atoms with E-state index in [1.807, 2.05) is 0 Å². The lowest BCUT2D eigenvalue weighted by atomic mass is 9.76. The molecule has 2 nitrogen and oxygen atoms in total. The Labute approximate surface area is 103 Å². The van der Waals surface area contributed by atoms with E-state index in [0.29, 0.717) is 11.3 Å². The van der Waals surface area contributed by atoms with E-state index in [9.17, 15) is 13.2 Å². The van der Waals surface area contributed by atoms with Crippen molar-refractivity contribution in [3.63, 3.8) is 0 Å². The van der Waals surface area contributed by atoms with Crippen LogP contribution in [0.1, 0.15) is 5.56 Å². The highest BCUT2D eigenvalue weighted by Crippen LogP contribution is 2.42. The molecule has 0 fully saturated rings. The van der Waals surface area contributed by atoms with Crippen molar-refractivity contribution in [1.82, 2.24) is 0 Å². The standard InChI is InChI=1S/C13H13F3N2/c14-13(15,16)11-3-1-2-8-12(11,18)9-4-6-10(17)7-5-9/h1-8,11H,17-18H2. The number of hydrogen-bond donors (Lipinski definition) is 2. The molecule has 0 spiro atoms. The summed E-state index contributed by atoms with van der Waals surface area (Å²) in [6.07, 6.45) is 0.948. The van der Waals surface area contributed by atoms with Crippen LogP contribution in [0.5, 0.6) is 0 Å². The van der Waals surface area contributed by atoms with Crippen molar-refractivity contribution in [3.8, 4) is 0 Å². The number of hydrogen-bond acceptors (Lipinski definition) is 2. The summed E-state index contributed by atoms with van der Waals surface area (Å²) in [6, 6.07) is 6.14. The summed E-state index contributed by atoms with van der Waals surface area (Å²) >= 11 is 0. The first kappa shape index (κ1) is 12.7. The van der Waals surface area contributed by atoms with E-state index in [1.54, 1.807) is 12.1 Å². The van der Waals surface area contributed by atoms with Crippen molar-refractivity contribution in [2.24, 2.45) is 11.7 Å². The van der Waals surface area contributed by atoms with Crippen LogP contribution < -0.4 is 11.5 Å². The summed E-state index contributed by atoms with van der Waals surface area (Å²) in [5.74, 6) is -1.74. The van der Waals surface area contributed by atoms with Crippen molar-refractivity contribution >= 4 is 5.69 Å². The molecule has 2 unspecified atom stereocenters. The van der Waals surface area contributed by atoms with Crippen LogP contribution in [0.25, 0.3) is 0 Å². The van der Waals surface area contributed by atoms with Gasteiger partial charge in [0.2, 0.25) is 0 Å². The monoisotopic (exact) mass is 254 g/mol. The molecule has 0 radical (unpaired) electrons. The maximum absolute atomic E-state index is 13.0. The van der Waals surface area contributed by atoms with E-state index in [4.69, 9.17) is 11.5 Å². The zero-order valence-electron chi connectivity index (χ0n) is 9.48.